The van der Waals surface area contributed by atoms with Gasteiger partial charge < -0.3 is 20.7 Å². The van der Waals surface area contributed by atoms with Gasteiger partial charge in [-0.05, 0) is 19.1 Å². The van der Waals surface area contributed by atoms with Gasteiger partial charge in [-0.25, -0.2) is 4.79 Å². The summed E-state index contributed by atoms with van der Waals surface area (Å²) in [6.07, 6.45) is 0. The summed E-state index contributed by atoms with van der Waals surface area (Å²) in [5, 5.41) is 2.52. The quantitative estimate of drug-likeness (QED) is 0.602. The van der Waals surface area contributed by atoms with E-state index in [9.17, 15) is 9.59 Å². The number of rotatable bonds is 5. The van der Waals surface area contributed by atoms with Gasteiger partial charge in [0, 0.05) is 14.1 Å². The van der Waals surface area contributed by atoms with Crippen LogP contribution in [0.5, 0.6) is 0 Å². The van der Waals surface area contributed by atoms with Crippen molar-refractivity contribution < 1.29 is 14.3 Å². The number of nitrogens with two attached hydrogens (primary N) is 1. The van der Waals surface area contributed by atoms with E-state index in [1.165, 1.54) is 0 Å². The molecule has 1 aromatic carbocycles. The third-order valence-corrected chi connectivity index (χ3v) is 2.60. The van der Waals surface area contributed by atoms with E-state index in [1.807, 2.05) is 0 Å². The van der Waals surface area contributed by atoms with Crippen LogP contribution >= 0.6 is 0 Å². The fraction of sp³-hybridized carbons (Fsp3) is 0.385. The summed E-state index contributed by atoms with van der Waals surface area (Å²) < 4.78 is 4.98. The Hall–Kier alpha value is -2.24. The molecule has 0 saturated heterocycles. The van der Waals surface area contributed by atoms with Gasteiger partial charge in [-0.3, -0.25) is 4.79 Å². The first kappa shape index (κ1) is 14.8. The highest BCUT2D eigenvalue weighted by atomic mass is 16.5. The predicted octanol–water partition coefficient (Wildman–Crippen LogP) is 0.628. The van der Waals surface area contributed by atoms with Crippen molar-refractivity contribution in [2.75, 3.05) is 37.9 Å². The van der Waals surface area contributed by atoms with Crippen molar-refractivity contribution in [3.63, 3.8) is 0 Å². The van der Waals surface area contributed by atoms with Crippen LogP contribution in [-0.4, -0.2) is 39.1 Å². The number of hydrogen-bond acceptors (Lipinski definition) is 5. The lowest BCUT2D eigenvalue weighted by Crippen LogP contribution is -2.34. The van der Waals surface area contributed by atoms with Gasteiger partial charge in [0.15, 0.2) is 0 Å². The summed E-state index contributed by atoms with van der Waals surface area (Å²) >= 11 is 0. The molecule has 0 aliphatic heterocycles. The van der Waals surface area contributed by atoms with Crippen LogP contribution in [0.4, 0.5) is 11.4 Å². The number of ether oxygens (including phenoxy) is 1. The second kappa shape index (κ2) is 6.63. The van der Waals surface area contributed by atoms with Crippen LogP contribution in [-0.2, 0) is 9.53 Å². The average Bonchev–Trinajstić information content (AvgIpc) is 2.38. The number of amides is 1. The molecular formula is C13H19N3O3. The number of carbonyl (C=O) groups is 2. The Bertz CT molecular complexity index is 474. The molecule has 6 nitrogen and oxygen atoms in total. The molecule has 3 N–H and O–H groups in total. The van der Waals surface area contributed by atoms with Gasteiger partial charge in [0.2, 0.25) is 5.91 Å². The van der Waals surface area contributed by atoms with Gasteiger partial charge in [0.25, 0.3) is 0 Å². The largest absolute Gasteiger partial charge is 0.462 e. The molecule has 0 bridgehead atoms. The summed E-state index contributed by atoms with van der Waals surface area (Å²) in [4.78, 5) is 24.9. The summed E-state index contributed by atoms with van der Waals surface area (Å²) in [6, 6.07) is 4.99. The monoisotopic (exact) mass is 265 g/mol. The first-order chi connectivity index (χ1) is 9.01. The van der Waals surface area contributed by atoms with Crippen LogP contribution in [0, 0.1) is 0 Å². The van der Waals surface area contributed by atoms with E-state index in [0.29, 0.717) is 16.9 Å². The third kappa shape index (κ3) is 3.61. The van der Waals surface area contributed by atoms with E-state index >= 15 is 0 Å². The highest BCUT2D eigenvalue weighted by Crippen LogP contribution is 2.27. The summed E-state index contributed by atoms with van der Waals surface area (Å²) in [7, 11) is 3.25. The fourth-order valence-electron chi connectivity index (χ4n) is 1.73. The van der Waals surface area contributed by atoms with E-state index in [0.717, 1.165) is 0 Å². The van der Waals surface area contributed by atoms with Crippen LogP contribution < -0.4 is 16.0 Å². The summed E-state index contributed by atoms with van der Waals surface area (Å²) in [5.74, 6) is -0.617. The van der Waals surface area contributed by atoms with Crippen molar-refractivity contribution in [1.82, 2.24) is 5.32 Å². The van der Waals surface area contributed by atoms with E-state index < -0.39 is 5.97 Å². The van der Waals surface area contributed by atoms with Gasteiger partial charge in [0.1, 0.15) is 0 Å². The molecule has 6 heteroatoms. The molecule has 0 heterocycles. The number of para-hydroxylation sites is 1. The summed E-state index contributed by atoms with van der Waals surface area (Å²) in [5.41, 5.74) is 7.18. The molecule has 0 unspecified atom stereocenters. The molecule has 0 spiro atoms. The minimum Gasteiger partial charge on any atom is -0.462 e. The Kier molecular flexibility index (Phi) is 5.17. The highest BCUT2D eigenvalue weighted by Gasteiger charge is 2.19. The number of nitrogens with zero attached hydrogens (tertiary/aromatic N) is 1. The number of carbonyl (C=O) groups excluding carboxylic acids is 2. The van der Waals surface area contributed by atoms with Crippen LogP contribution in [0.1, 0.15) is 17.3 Å². The van der Waals surface area contributed by atoms with Gasteiger partial charge >= 0.3 is 5.97 Å². The van der Waals surface area contributed by atoms with Crippen molar-refractivity contribution in [3.05, 3.63) is 23.8 Å². The maximum absolute atomic E-state index is 11.9. The standard InChI is InChI=1S/C13H19N3O3/c1-4-19-13(18)9-6-5-7-10(14)12(9)16(3)8-11(17)15-2/h5-7H,4,8,14H2,1-3H3,(H,15,17). The van der Waals surface area contributed by atoms with Crippen LogP contribution in [0.25, 0.3) is 0 Å². The number of likely N-dealkylation sites (N-methyl/N-ethyl adjacent to an activating group) is 2. The molecule has 1 amide bonds. The molecule has 0 aliphatic carbocycles. The third-order valence-electron chi connectivity index (χ3n) is 2.60. The van der Waals surface area contributed by atoms with Crippen molar-refractivity contribution in [2.24, 2.45) is 0 Å². The van der Waals surface area contributed by atoms with E-state index in [4.69, 9.17) is 10.5 Å². The Morgan fingerprint density at radius 1 is 1.42 bits per heavy atom. The molecule has 0 aromatic heterocycles. The van der Waals surface area contributed by atoms with Crippen molar-refractivity contribution in [3.8, 4) is 0 Å². The molecule has 0 aliphatic rings. The second-order valence-electron chi connectivity index (χ2n) is 3.99. The number of hydrogen-bond donors (Lipinski definition) is 2. The molecule has 1 rings (SSSR count). The maximum Gasteiger partial charge on any atom is 0.340 e. The molecule has 0 atom stereocenters. The minimum absolute atomic E-state index is 0.108. The van der Waals surface area contributed by atoms with Crippen molar-refractivity contribution in [2.45, 2.75) is 6.92 Å². The maximum atomic E-state index is 11.9. The predicted molar refractivity (Wildman–Crippen MR) is 74.1 cm³/mol. The normalized spacial score (nSPS) is 9.84. The van der Waals surface area contributed by atoms with Gasteiger partial charge in [-0.1, -0.05) is 6.07 Å². The first-order valence-corrected chi connectivity index (χ1v) is 5.98. The topological polar surface area (TPSA) is 84.7 Å². The SMILES string of the molecule is CCOC(=O)c1cccc(N)c1N(C)CC(=O)NC. The lowest BCUT2D eigenvalue weighted by molar-refractivity contribution is -0.119. The molecule has 0 saturated carbocycles. The van der Waals surface area contributed by atoms with E-state index in [1.54, 1.807) is 44.1 Å². The second-order valence-corrected chi connectivity index (χ2v) is 3.99. The van der Waals surface area contributed by atoms with Crippen LogP contribution in [0.15, 0.2) is 18.2 Å². The highest BCUT2D eigenvalue weighted by molar-refractivity contribution is 6.00. The van der Waals surface area contributed by atoms with Crippen molar-refractivity contribution in [1.29, 1.82) is 0 Å². The Balaban J connectivity index is 3.10. The van der Waals surface area contributed by atoms with Crippen LogP contribution in [0.3, 0.4) is 0 Å². The smallest absolute Gasteiger partial charge is 0.340 e. The zero-order valence-corrected chi connectivity index (χ0v) is 11.4. The molecule has 104 valence electrons. The molecule has 0 radical (unpaired) electrons. The number of nitrogens with one attached hydrogen (secondary N) is 1. The van der Waals surface area contributed by atoms with E-state index in [2.05, 4.69) is 5.32 Å². The zero-order chi connectivity index (χ0) is 14.4. The Morgan fingerprint density at radius 2 is 2.11 bits per heavy atom. The number of anilines is 2. The average molecular weight is 265 g/mol. The lowest BCUT2D eigenvalue weighted by atomic mass is 10.1. The Morgan fingerprint density at radius 3 is 2.68 bits per heavy atom. The van der Waals surface area contributed by atoms with E-state index in [-0.39, 0.29) is 19.1 Å². The summed E-state index contributed by atoms with van der Waals surface area (Å²) in [6.45, 7) is 2.13. The minimum atomic E-state index is -0.450. The fourth-order valence-corrected chi connectivity index (χ4v) is 1.73. The first-order valence-electron chi connectivity index (χ1n) is 5.98. The number of nitrogen functional groups attached to an aromatic ring is 1. The van der Waals surface area contributed by atoms with Crippen molar-refractivity contribution >= 4 is 23.3 Å². The van der Waals surface area contributed by atoms with Gasteiger partial charge in [-0.2, -0.15) is 0 Å². The van der Waals surface area contributed by atoms with Gasteiger partial charge in [0.05, 0.1) is 30.1 Å². The van der Waals surface area contributed by atoms with Gasteiger partial charge in [-0.15, -0.1) is 0 Å². The zero-order valence-electron chi connectivity index (χ0n) is 11.4. The van der Waals surface area contributed by atoms with Crippen LogP contribution in [0.2, 0.25) is 0 Å². The molecule has 0 fully saturated rings. The Labute approximate surface area is 112 Å². The lowest BCUT2D eigenvalue weighted by Gasteiger charge is -2.22. The molecular weight excluding hydrogens is 246 g/mol. The number of esters is 1. The number of benzene rings is 1. The molecule has 1 aromatic rings. The molecule has 19 heavy (non-hydrogen) atoms.